The van der Waals surface area contributed by atoms with Gasteiger partial charge in [0.1, 0.15) is 5.75 Å². The number of benzene rings is 2. The molecule has 3 aromatic rings. The molecule has 0 saturated carbocycles. The molecule has 31 heavy (non-hydrogen) atoms. The molecule has 0 aliphatic rings. The molecule has 1 aromatic heterocycles. The number of amides is 1. The van der Waals surface area contributed by atoms with E-state index in [1.807, 2.05) is 24.3 Å². The fourth-order valence-electron chi connectivity index (χ4n) is 2.58. The van der Waals surface area contributed by atoms with E-state index in [1.165, 1.54) is 42.2 Å². The summed E-state index contributed by atoms with van der Waals surface area (Å²) >= 11 is 1.48. The van der Waals surface area contributed by atoms with Gasteiger partial charge in [-0.15, -0.1) is 11.8 Å². The lowest BCUT2D eigenvalue weighted by atomic mass is 10.2. The van der Waals surface area contributed by atoms with Crippen LogP contribution in [0.15, 0.2) is 65.7 Å². The minimum atomic E-state index is -3.83. The minimum absolute atomic E-state index is 0.00580. The van der Waals surface area contributed by atoms with Gasteiger partial charge in [-0.2, -0.15) is 0 Å². The number of hydrogen-bond donors (Lipinski definition) is 2. The van der Waals surface area contributed by atoms with Crippen molar-refractivity contribution in [3.8, 4) is 5.75 Å². The molecule has 162 valence electrons. The van der Waals surface area contributed by atoms with Gasteiger partial charge in [0.2, 0.25) is 11.9 Å². The highest BCUT2D eigenvalue weighted by molar-refractivity contribution is 7.99. The van der Waals surface area contributed by atoms with Gasteiger partial charge in [-0.1, -0.05) is 12.1 Å². The third-order valence-electron chi connectivity index (χ3n) is 4.13. The molecule has 0 aliphatic carbocycles. The number of nitrogens with one attached hydrogen (secondary N) is 2. The van der Waals surface area contributed by atoms with Crippen LogP contribution in [-0.4, -0.2) is 37.2 Å². The molecule has 0 bridgehead atoms. The fraction of sp³-hybridized carbons (Fsp3) is 0.190. The zero-order valence-electron chi connectivity index (χ0n) is 17.0. The topological polar surface area (TPSA) is 110 Å². The van der Waals surface area contributed by atoms with E-state index in [9.17, 15) is 13.2 Å². The van der Waals surface area contributed by atoms with Gasteiger partial charge in [0.05, 0.1) is 17.8 Å². The highest BCUT2D eigenvalue weighted by atomic mass is 32.2. The van der Waals surface area contributed by atoms with Gasteiger partial charge in [-0.05, 0) is 55.0 Å². The molecule has 10 heteroatoms. The summed E-state index contributed by atoms with van der Waals surface area (Å²) in [6, 6.07) is 15.3. The van der Waals surface area contributed by atoms with Crippen molar-refractivity contribution in [3.05, 3.63) is 72.1 Å². The highest BCUT2D eigenvalue weighted by Crippen LogP contribution is 2.19. The average Bonchev–Trinajstić information content (AvgIpc) is 2.74. The number of sulfonamides is 1. The molecule has 0 unspecified atom stereocenters. The first kappa shape index (κ1) is 22.6. The molecule has 0 fully saturated rings. The van der Waals surface area contributed by atoms with Crippen LogP contribution >= 0.6 is 11.8 Å². The predicted molar refractivity (Wildman–Crippen MR) is 122 cm³/mol. The summed E-state index contributed by atoms with van der Waals surface area (Å²) in [5, 5.41) is 2.76. The summed E-state index contributed by atoms with van der Waals surface area (Å²) in [5.41, 5.74) is 2.26. The van der Waals surface area contributed by atoms with Crippen LogP contribution in [0.1, 0.15) is 11.3 Å². The Morgan fingerprint density at radius 2 is 1.77 bits per heavy atom. The van der Waals surface area contributed by atoms with Crippen LogP contribution in [0.3, 0.4) is 0 Å². The van der Waals surface area contributed by atoms with Crippen LogP contribution in [0.5, 0.6) is 5.75 Å². The number of carbonyl (C=O) groups excluding carboxylic acids is 1. The van der Waals surface area contributed by atoms with Gasteiger partial charge in [-0.25, -0.2) is 23.1 Å². The first-order valence-corrected chi connectivity index (χ1v) is 11.9. The van der Waals surface area contributed by atoms with Crippen LogP contribution in [0.25, 0.3) is 0 Å². The van der Waals surface area contributed by atoms with E-state index in [2.05, 4.69) is 20.0 Å². The lowest BCUT2D eigenvalue weighted by Gasteiger charge is -2.09. The summed E-state index contributed by atoms with van der Waals surface area (Å²) < 4.78 is 32.4. The largest absolute Gasteiger partial charge is 0.497 e. The second-order valence-corrected chi connectivity index (χ2v) is 9.21. The third-order valence-corrected chi connectivity index (χ3v) is 6.48. The maximum Gasteiger partial charge on any atom is 0.264 e. The molecular formula is C21H22N4O4S2. The first-order valence-electron chi connectivity index (χ1n) is 9.29. The quantitative estimate of drug-likeness (QED) is 0.505. The van der Waals surface area contributed by atoms with Crippen LogP contribution in [-0.2, 0) is 20.6 Å². The monoisotopic (exact) mass is 458 g/mol. The van der Waals surface area contributed by atoms with E-state index in [4.69, 9.17) is 4.74 Å². The Morgan fingerprint density at radius 1 is 1.06 bits per heavy atom. The minimum Gasteiger partial charge on any atom is -0.497 e. The number of thioether (sulfide) groups is 1. The summed E-state index contributed by atoms with van der Waals surface area (Å²) in [5.74, 6) is 1.60. The van der Waals surface area contributed by atoms with Gasteiger partial charge < -0.3 is 10.1 Å². The normalized spacial score (nSPS) is 11.0. The maximum atomic E-state index is 12.5. The smallest absolute Gasteiger partial charge is 0.264 e. The summed E-state index contributed by atoms with van der Waals surface area (Å²) in [6.45, 7) is 1.74. The Morgan fingerprint density at radius 3 is 2.42 bits per heavy atom. The fourth-order valence-corrected chi connectivity index (χ4v) is 4.31. The van der Waals surface area contributed by atoms with Crippen molar-refractivity contribution in [2.45, 2.75) is 17.6 Å². The van der Waals surface area contributed by atoms with Crippen molar-refractivity contribution < 1.29 is 17.9 Å². The molecule has 3 rings (SSSR count). The predicted octanol–water partition coefficient (Wildman–Crippen LogP) is 3.47. The van der Waals surface area contributed by atoms with E-state index in [0.29, 0.717) is 17.1 Å². The Hall–Kier alpha value is -3.11. The van der Waals surface area contributed by atoms with E-state index in [-0.39, 0.29) is 22.5 Å². The Kier molecular flexibility index (Phi) is 7.48. The van der Waals surface area contributed by atoms with Crippen LogP contribution in [0.2, 0.25) is 0 Å². The number of hydrogen-bond acceptors (Lipinski definition) is 7. The maximum absolute atomic E-state index is 12.5. The number of aryl methyl sites for hydroxylation is 1. The van der Waals surface area contributed by atoms with Crippen molar-refractivity contribution >= 4 is 39.3 Å². The average molecular weight is 459 g/mol. The molecule has 0 saturated heterocycles. The SMILES string of the molecule is COc1ccc(CSCC(=O)Nc2ccc(S(=O)(=O)Nc3nccc(C)n3)cc2)cc1. The van der Waals surface area contributed by atoms with E-state index < -0.39 is 10.0 Å². The van der Waals surface area contributed by atoms with Crippen molar-refractivity contribution in [2.24, 2.45) is 0 Å². The molecule has 0 aliphatic heterocycles. The third kappa shape index (κ3) is 6.69. The Labute approximate surface area is 185 Å². The van der Waals surface area contributed by atoms with Crippen molar-refractivity contribution in [1.82, 2.24) is 9.97 Å². The summed E-state index contributed by atoms with van der Waals surface area (Å²) in [7, 11) is -2.21. The van der Waals surface area contributed by atoms with Gasteiger partial charge in [-0.3, -0.25) is 4.79 Å². The number of aromatic nitrogens is 2. The summed E-state index contributed by atoms with van der Waals surface area (Å²) in [6.07, 6.45) is 1.48. The molecule has 1 heterocycles. The molecule has 8 nitrogen and oxygen atoms in total. The molecular weight excluding hydrogens is 436 g/mol. The second kappa shape index (κ2) is 10.3. The molecule has 0 radical (unpaired) electrons. The lowest BCUT2D eigenvalue weighted by molar-refractivity contribution is -0.113. The van der Waals surface area contributed by atoms with Crippen LogP contribution in [0, 0.1) is 6.92 Å². The van der Waals surface area contributed by atoms with Crippen LogP contribution < -0.4 is 14.8 Å². The zero-order chi connectivity index (χ0) is 22.3. The van der Waals surface area contributed by atoms with Crippen molar-refractivity contribution in [2.75, 3.05) is 22.9 Å². The van der Waals surface area contributed by atoms with Crippen LogP contribution in [0.4, 0.5) is 11.6 Å². The van der Waals surface area contributed by atoms with Gasteiger partial charge in [0.25, 0.3) is 10.0 Å². The van der Waals surface area contributed by atoms with Gasteiger partial charge in [0, 0.05) is 23.3 Å². The van der Waals surface area contributed by atoms with E-state index in [0.717, 1.165) is 11.3 Å². The molecule has 0 atom stereocenters. The van der Waals surface area contributed by atoms with E-state index in [1.54, 1.807) is 20.1 Å². The number of nitrogens with zero attached hydrogens (tertiary/aromatic N) is 2. The Balaban J connectivity index is 1.51. The van der Waals surface area contributed by atoms with Gasteiger partial charge >= 0.3 is 0 Å². The lowest BCUT2D eigenvalue weighted by Crippen LogP contribution is -2.16. The zero-order valence-corrected chi connectivity index (χ0v) is 18.7. The van der Waals surface area contributed by atoms with Crippen molar-refractivity contribution in [1.29, 1.82) is 0 Å². The molecule has 1 amide bonds. The summed E-state index contributed by atoms with van der Waals surface area (Å²) in [4.78, 5) is 20.1. The highest BCUT2D eigenvalue weighted by Gasteiger charge is 2.16. The number of carbonyl (C=O) groups is 1. The van der Waals surface area contributed by atoms with E-state index >= 15 is 0 Å². The van der Waals surface area contributed by atoms with Gasteiger partial charge in [0.15, 0.2) is 0 Å². The number of rotatable bonds is 9. The number of ether oxygens (including phenoxy) is 1. The molecule has 2 aromatic carbocycles. The number of methoxy groups -OCH3 is 1. The standard InChI is InChI=1S/C21H22N4O4S2/c1-15-11-12-22-21(23-15)25-31(27,28)19-9-5-17(6-10-19)24-20(26)14-30-13-16-3-7-18(29-2)8-4-16/h3-12H,13-14H2,1-2H3,(H,24,26)(H,22,23,25). The molecule has 0 spiro atoms. The number of anilines is 2. The molecule has 2 N–H and O–H groups in total. The second-order valence-electron chi connectivity index (χ2n) is 6.54. The Bertz CT molecular complexity index is 1130. The van der Waals surface area contributed by atoms with Crippen molar-refractivity contribution in [3.63, 3.8) is 0 Å². The first-order chi connectivity index (χ1) is 14.9.